The molecule has 0 saturated heterocycles. The summed E-state index contributed by atoms with van der Waals surface area (Å²) in [6.45, 7) is 1.59. The lowest BCUT2D eigenvalue weighted by Gasteiger charge is -2.12. The van der Waals surface area contributed by atoms with E-state index in [-0.39, 0.29) is 24.1 Å². The van der Waals surface area contributed by atoms with Crippen LogP contribution in [0.4, 0.5) is 5.69 Å². The van der Waals surface area contributed by atoms with E-state index < -0.39 is 11.0 Å². The van der Waals surface area contributed by atoms with E-state index in [1.807, 2.05) is 0 Å². The van der Waals surface area contributed by atoms with Gasteiger partial charge in [-0.05, 0) is 12.8 Å². The molecule has 3 N–H and O–H groups in total. The number of hydrogen-bond acceptors (Lipinski definition) is 6. The van der Waals surface area contributed by atoms with Gasteiger partial charge in [-0.15, -0.1) is 0 Å². The molecule has 1 unspecified atom stereocenters. The molecule has 2 rings (SSSR count). The van der Waals surface area contributed by atoms with Crippen LogP contribution in [0.2, 0.25) is 0 Å². The highest BCUT2D eigenvalue weighted by molar-refractivity contribution is 5.80. The summed E-state index contributed by atoms with van der Waals surface area (Å²) in [5.41, 5.74) is -0.0991. The van der Waals surface area contributed by atoms with Crippen LogP contribution in [0.25, 0.3) is 0 Å². The minimum Gasteiger partial charge on any atom is -0.390 e. The van der Waals surface area contributed by atoms with Crippen LogP contribution in [0.1, 0.15) is 12.8 Å². The second-order valence-corrected chi connectivity index (χ2v) is 5.10. The first-order valence-corrected chi connectivity index (χ1v) is 6.89. The van der Waals surface area contributed by atoms with E-state index in [0.717, 1.165) is 19.0 Å². The summed E-state index contributed by atoms with van der Waals surface area (Å²) in [5.74, 6) is 0.299. The lowest BCUT2D eigenvalue weighted by Crippen LogP contribution is -2.37. The lowest BCUT2D eigenvalue weighted by atomic mass is 10.3. The average molecular weight is 297 g/mol. The molecular formula is C12H19N5O4. The van der Waals surface area contributed by atoms with E-state index in [4.69, 9.17) is 0 Å². The molecule has 1 saturated carbocycles. The van der Waals surface area contributed by atoms with E-state index in [1.165, 1.54) is 10.9 Å². The summed E-state index contributed by atoms with van der Waals surface area (Å²) in [5, 5.41) is 29.9. The fraction of sp³-hybridized carbons (Fsp3) is 0.667. The molecule has 0 aliphatic heterocycles. The topological polar surface area (TPSA) is 122 Å². The summed E-state index contributed by atoms with van der Waals surface area (Å²) in [6, 6.07) is 0. The van der Waals surface area contributed by atoms with E-state index in [0.29, 0.717) is 19.6 Å². The Morgan fingerprint density at radius 3 is 2.95 bits per heavy atom. The molecule has 1 heterocycles. The molecular weight excluding hydrogens is 278 g/mol. The summed E-state index contributed by atoms with van der Waals surface area (Å²) < 4.78 is 1.33. The average Bonchev–Trinajstić information content (AvgIpc) is 3.18. The van der Waals surface area contributed by atoms with Crippen molar-refractivity contribution < 1.29 is 14.8 Å². The highest BCUT2D eigenvalue weighted by Crippen LogP contribution is 2.28. The fourth-order valence-electron chi connectivity index (χ4n) is 1.86. The number of carbonyl (C=O) groups is 1. The van der Waals surface area contributed by atoms with Crippen LogP contribution >= 0.6 is 0 Å². The fourth-order valence-corrected chi connectivity index (χ4v) is 1.86. The van der Waals surface area contributed by atoms with Crippen LogP contribution in [0.3, 0.4) is 0 Å². The SMILES string of the molecule is O=C(NCCNCC(O)Cn1cc([N+](=O)[O-])cn1)C1CC1. The van der Waals surface area contributed by atoms with Crippen LogP contribution < -0.4 is 10.6 Å². The van der Waals surface area contributed by atoms with Crippen LogP contribution in [0.5, 0.6) is 0 Å². The second-order valence-electron chi connectivity index (χ2n) is 5.10. The number of rotatable bonds is 9. The molecule has 116 valence electrons. The van der Waals surface area contributed by atoms with Crippen molar-refractivity contribution >= 4 is 11.6 Å². The summed E-state index contributed by atoms with van der Waals surface area (Å²) in [6.07, 6.45) is 3.68. The molecule has 9 nitrogen and oxygen atoms in total. The predicted molar refractivity (Wildman–Crippen MR) is 73.5 cm³/mol. The first-order chi connectivity index (χ1) is 10.1. The van der Waals surface area contributed by atoms with E-state index >= 15 is 0 Å². The zero-order chi connectivity index (χ0) is 15.2. The second kappa shape index (κ2) is 7.14. The molecule has 21 heavy (non-hydrogen) atoms. The number of amides is 1. The van der Waals surface area contributed by atoms with Gasteiger partial charge in [-0.25, -0.2) is 0 Å². The Morgan fingerprint density at radius 1 is 1.57 bits per heavy atom. The van der Waals surface area contributed by atoms with E-state index in [1.54, 1.807) is 0 Å². The maximum absolute atomic E-state index is 11.3. The molecule has 1 fully saturated rings. The van der Waals surface area contributed by atoms with Crippen molar-refractivity contribution in [2.24, 2.45) is 5.92 Å². The quantitative estimate of drug-likeness (QED) is 0.314. The Hall–Kier alpha value is -2.00. The predicted octanol–water partition coefficient (Wildman–Crippen LogP) is -0.732. The first-order valence-electron chi connectivity index (χ1n) is 6.89. The number of hydrogen-bond donors (Lipinski definition) is 3. The van der Waals surface area contributed by atoms with Crippen molar-refractivity contribution in [2.75, 3.05) is 19.6 Å². The highest BCUT2D eigenvalue weighted by atomic mass is 16.6. The number of carbonyl (C=O) groups excluding carboxylic acids is 1. The summed E-state index contributed by atoms with van der Waals surface area (Å²) in [4.78, 5) is 21.3. The van der Waals surface area contributed by atoms with Crippen LogP contribution in [0.15, 0.2) is 12.4 Å². The first kappa shape index (κ1) is 15.4. The zero-order valence-corrected chi connectivity index (χ0v) is 11.6. The molecule has 0 spiro atoms. The normalized spacial score (nSPS) is 15.7. The van der Waals surface area contributed by atoms with Crippen molar-refractivity contribution in [1.29, 1.82) is 0 Å². The van der Waals surface area contributed by atoms with Crippen LogP contribution in [-0.2, 0) is 11.3 Å². The van der Waals surface area contributed by atoms with Gasteiger partial charge in [-0.1, -0.05) is 0 Å². The van der Waals surface area contributed by atoms with E-state index in [9.17, 15) is 20.0 Å². The van der Waals surface area contributed by atoms with Crippen molar-refractivity contribution in [3.05, 3.63) is 22.5 Å². The van der Waals surface area contributed by atoms with Crippen LogP contribution in [0, 0.1) is 16.0 Å². The Kier molecular flexibility index (Phi) is 5.23. The largest absolute Gasteiger partial charge is 0.390 e. The number of nitro groups is 1. The third kappa shape index (κ3) is 5.12. The van der Waals surface area contributed by atoms with Gasteiger partial charge in [0, 0.05) is 25.6 Å². The van der Waals surface area contributed by atoms with E-state index in [2.05, 4.69) is 15.7 Å². The van der Waals surface area contributed by atoms with Gasteiger partial charge in [0.05, 0.1) is 17.6 Å². The van der Waals surface area contributed by atoms with Gasteiger partial charge >= 0.3 is 5.69 Å². The minimum atomic E-state index is -0.705. The van der Waals surface area contributed by atoms with Gasteiger partial charge in [0.2, 0.25) is 5.91 Å². The Balaban J connectivity index is 1.57. The Bertz CT molecular complexity index is 500. The molecule has 1 aliphatic carbocycles. The maximum Gasteiger partial charge on any atom is 0.306 e. The molecule has 1 aromatic heterocycles. The van der Waals surface area contributed by atoms with Gasteiger partial charge in [-0.3, -0.25) is 19.6 Å². The number of aromatic nitrogens is 2. The molecule has 1 atom stereocenters. The number of nitrogens with zero attached hydrogens (tertiary/aromatic N) is 3. The highest BCUT2D eigenvalue weighted by Gasteiger charge is 2.28. The zero-order valence-electron chi connectivity index (χ0n) is 11.6. The molecule has 1 aromatic rings. The number of aliphatic hydroxyl groups is 1. The molecule has 0 aromatic carbocycles. The van der Waals surface area contributed by atoms with Crippen LogP contribution in [-0.4, -0.2) is 51.5 Å². The number of nitrogens with one attached hydrogen (secondary N) is 2. The Morgan fingerprint density at radius 2 is 2.33 bits per heavy atom. The Labute approximate surface area is 121 Å². The molecule has 0 radical (unpaired) electrons. The minimum absolute atomic E-state index is 0.0983. The van der Waals surface area contributed by atoms with Crippen molar-refractivity contribution in [1.82, 2.24) is 20.4 Å². The third-order valence-electron chi connectivity index (χ3n) is 3.16. The van der Waals surface area contributed by atoms with Gasteiger partial charge in [0.1, 0.15) is 12.4 Å². The lowest BCUT2D eigenvalue weighted by molar-refractivity contribution is -0.385. The van der Waals surface area contributed by atoms with Crippen molar-refractivity contribution in [3.63, 3.8) is 0 Å². The standard InChI is InChI=1S/C12H19N5O4/c18-11(8-16-7-10(5-15-16)17(20)21)6-13-3-4-14-12(19)9-1-2-9/h5,7,9,11,13,18H,1-4,6,8H2,(H,14,19). The van der Waals surface area contributed by atoms with Gasteiger partial charge < -0.3 is 15.7 Å². The van der Waals surface area contributed by atoms with Crippen molar-refractivity contribution in [2.45, 2.75) is 25.5 Å². The summed E-state index contributed by atoms with van der Waals surface area (Å²) >= 11 is 0. The smallest absolute Gasteiger partial charge is 0.306 e. The monoisotopic (exact) mass is 297 g/mol. The molecule has 1 amide bonds. The van der Waals surface area contributed by atoms with Gasteiger partial charge in [0.15, 0.2) is 0 Å². The third-order valence-corrected chi connectivity index (χ3v) is 3.16. The maximum atomic E-state index is 11.3. The van der Waals surface area contributed by atoms with Gasteiger partial charge in [0.25, 0.3) is 0 Å². The molecule has 0 bridgehead atoms. The van der Waals surface area contributed by atoms with Crippen molar-refractivity contribution in [3.8, 4) is 0 Å². The number of aliphatic hydroxyl groups excluding tert-OH is 1. The molecule has 1 aliphatic rings. The summed E-state index contributed by atoms with van der Waals surface area (Å²) in [7, 11) is 0. The molecule has 9 heteroatoms. The van der Waals surface area contributed by atoms with Gasteiger partial charge in [-0.2, -0.15) is 5.10 Å².